The molecule has 0 saturated heterocycles. The number of anilines is 1. The normalized spacial score (nSPS) is 11.4. The molecule has 2 aromatic carbocycles. The summed E-state index contributed by atoms with van der Waals surface area (Å²) < 4.78 is 46.1. The maximum absolute atomic E-state index is 13.4. The number of benzene rings is 2. The summed E-state index contributed by atoms with van der Waals surface area (Å²) in [5.74, 6) is -0.238. The molecule has 0 bridgehead atoms. The molecular weight excluding hydrogens is 533 g/mol. The van der Waals surface area contributed by atoms with Crippen LogP contribution >= 0.6 is 0 Å². The van der Waals surface area contributed by atoms with Crippen LogP contribution in [0.15, 0.2) is 36.4 Å². The van der Waals surface area contributed by atoms with Gasteiger partial charge in [-0.1, -0.05) is 103 Å². The summed E-state index contributed by atoms with van der Waals surface area (Å²) in [6.45, 7) is 4.56. The monoisotopic (exact) mass is 578 g/mol. The molecule has 0 aliphatic heterocycles. The Bertz CT molecular complexity index is 1090. The standard InChI is InChI=1S/C32H45F3N2O4/c1-3-5-6-7-8-9-10-11-12-13-14-15-16-18-25-19-17-20-29(41-23-4-2)30(25)31(38)36-26-21-22-28(37(39)40)27(24-26)32(33,34)35/h17,19-22,24H,3-16,18,23H2,1-2H3,(H,36,38). The van der Waals surface area contributed by atoms with E-state index >= 15 is 0 Å². The van der Waals surface area contributed by atoms with Crippen LogP contribution in [0, 0.1) is 10.1 Å². The van der Waals surface area contributed by atoms with Gasteiger partial charge in [-0.3, -0.25) is 14.9 Å². The Labute approximate surface area is 242 Å². The number of rotatable bonds is 20. The number of unbranched alkanes of at least 4 members (excludes halogenated alkanes) is 12. The highest BCUT2D eigenvalue weighted by Crippen LogP contribution is 2.38. The zero-order chi connectivity index (χ0) is 30.1. The average molecular weight is 579 g/mol. The van der Waals surface area contributed by atoms with E-state index < -0.39 is 28.3 Å². The van der Waals surface area contributed by atoms with Crippen LogP contribution in [-0.4, -0.2) is 17.4 Å². The SMILES string of the molecule is CCCCCCCCCCCCCCCc1cccc(OCCC)c1C(=O)Nc1ccc([N+](=O)[O-])c(C(F)(F)F)c1. The third-order valence-corrected chi connectivity index (χ3v) is 7.11. The molecule has 0 spiro atoms. The summed E-state index contributed by atoms with van der Waals surface area (Å²) in [6, 6.07) is 7.78. The van der Waals surface area contributed by atoms with E-state index in [0.717, 1.165) is 43.4 Å². The number of ether oxygens (including phenoxy) is 1. The lowest BCUT2D eigenvalue weighted by atomic mass is 9.98. The molecule has 6 nitrogen and oxygen atoms in total. The van der Waals surface area contributed by atoms with Crippen molar-refractivity contribution in [1.29, 1.82) is 0 Å². The van der Waals surface area contributed by atoms with E-state index in [9.17, 15) is 28.1 Å². The van der Waals surface area contributed by atoms with Crippen molar-refractivity contribution in [2.45, 2.75) is 116 Å². The number of alkyl halides is 3. The van der Waals surface area contributed by atoms with Gasteiger partial charge in [0.05, 0.1) is 17.1 Å². The number of nitrogens with zero attached hydrogens (tertiary/aromatic N) is 1. The van der Waals surface area contributed by atoms with Crippen molar-refractivity contribution in [1.82, 2.24) is 0 Å². The highest BCUT2D eigenvalue weighted by molar-refractivity contribution is 6.07. The van der Waals surface area contributed by atoms with Gasteiger partial charge in [0.1, 0.15) is 11.3 Å². The summed E-state index contributed by atoms with van der Waals surface area (Å²) in [7, 11) is 0. The molecule has 0 aliphatic rings. The van der Waals surface area contributed by atoms with E-state index in [2.05, 4.69) is 12.2 Å². The number of nitrogens with one attached hydrogen (secondary N) is 1. The van der Waals surface area contributed by atoms with Crippen LogP contribution in [0.5, 0.6) is 5.75 Å². The molecule has 0 aliphatic carbocycles. The fraction of sp³-hybridized carbons (Fsp3) is 0.594. The average Bonchev–Trinajstić information content (AvgIpc) is 2.93. The predicted octanol–water partition coefficient (Wildman–Crippen LogP) is 10.3. The number of hydrogen-bond donors (Lipinski definition) is 1. The number of carbonyl (C=O) groups excluding carboxylic acids is 1. The zero-order valence-electron chi connectivity index (χ0n) is 24.5. The van der Waals surface area contributed by atoms with Crippen molar-refractivity contribution < 1.29 is 27.6 Å². The lowest BCUT2D eigenvalue weighted by molar-refractivity contribution is -0.388. The Balaban J connectivity index is 1.97. The quantitative estimate of drug-likeness (QED) is 0.0963. The van der Waals surface area contributed by atoms with Crippen LogP contribution in [0.3, 0.4) is 0 Å². The van der Waals surface area contributed by atoms with Gasteiger partial charge in [-0.25, -0.2) is 0 Å². The van der Waals surface area contributed by atoms with Crippen molar-refractivity contribution >= 4 is 17.3 Å². The Morgan fingerprint density at radius 1 is 0.854 bits per heavy atom. The van der Waals surface area contributed by atoms with Gasteiger partial charge in [0.15, 0.2) is 0 Å². The summed E-state index contributed by atoms with van der Waals surface area (Å²) in [6.07, 6.45) is 12.4. The van der Waals surface area contributed by atoms with Crippen molar-refractivity contribution in [3.05, 3.63) is 63.2 Å². The van der Waals surface area contributed by atoms with Gasteiger partial charge < -0.3 is 10.1 Å². The Hall–Kier alpha value is -3.10. The van der Waals surface area contributed by atoms with Gasteiger partial charge in [0, 0.05) is 11.8 Å². The van der Waals surface area contributed by atoms with Crippen molar-refractivity contribution in [3.63, 3.8) is 0 Å². The number of nitro benzene ring substituents is 1. The van der Waals surface area contributed by atoms with E-state index in [0.29, 0.717) is 24.8 Å². The summed E-state index contributed by atoms with van der Waals surface area (Å²) in [5.41, 5.74) is -1.61. The first-order chi connectivity index (χ1) is 19.7. The maximum Gasteiger partial charge on any atom is 0.423 e. The number of hydrogen-bond acceptors (Lipinski definition) is 4. The first kappa shape index (κ1) is 34.1. The number of carbonyl (C=O) groups is 1. The minimum atomic E-state index is -4.94. The van der Waals surface area contributed by atoms with Gasteiger partial charge in [-0.05, 0) is 43.0 Å². The van der Waals surface area contributed by atoms with Crippen molar-refractivity contribution in [2.75, 3.05) is 11.9 Å². The second kappa shape index (κ2) is 18.4. The third-order valence-electron chi connectivity index (χ3n) is 7.11. The summed E-state index contributed by atoms with van der Waals surface area (Å²) in [4.78, 5) is 23.3. The Morgan fingerprint density at radius 2 is 1.44 bits per heavy atom. The molecular formula is C32H45F3N2O4. The third kappa shape index (κ3) is 12.1. The molecule has 2 rings (SSSR count). The van der Waals surface area contributed by atoms with E-state index in [-0.39, 0.29) is 11.3 Å². The molecule has 1 amide bonds. The molecule has 0 heterocycles. The van der Waals surface area contributed by atoms with Crippen LogP contribution in [0.1, 0.15) is 125 Å². The van der Waals surface area contributed by atoms with Crippen LogP contribution in [-0.2, 0) is 12.6 Å². The van der Waals surface area contributed by atoms with Gasteiger partial charge in [-0.15, -0.1) is 0 Å². The van der Waals surface area contributed by atoms with Gasteiger partial charge in [0.2, 0.25) is 0 Å². The number of halogens is 3. The molecule has 0 radical (unpaired) electrons. The largest absolute Gasteiger partial charge is 0.493 e. The fourth-order valence-electron chi connectivity index (χ4n) is 4.90. The van der Waals surface area contributed by atoms with E-state index in [1.165, 1.54) is 64.2 Å². The fourth-order valence-corrected chi connectivity index (χ4v) is 4.90. The van der Waals surface area contributed by atoms with E-state index in [1.807, 2.05) is 19.1 Å². The topological polar surface area (TPSA) is 81.5 Å². The Morgan fingerprint density at radius 3 is 1.98 bits per heavy atom. The molecule has 2 aromatic rings. The van der Waals surface area contributed by atoms with E-state index in [1.54, 1.807) is 6.07 Å². The van der Waals surface area contributed by atoms with Gasteiger partial charge in [-0.2, -0.15) is 13.2 Å². The molecule has 41 heavy (non-hydrogen) atoms. The number of amides is 1. The summed E-state index contributed by atoms with van der Waals surface area (Å²) in [5, 5.41) is 13.6. The van der Waals surface area contributed by atoms with Gasteiger partial charge >= 0.3 is 6.18 Å². The predicted molar refractivity (Wildman–Crippen MR) is 158 cm³/mol. The molecule has 9 heteroatoms. The smallest absolute Gasteiger partial charge is 0.423 e. The first-order valence-electron chi connectivity index (χ1n) is 15.1. The van der Waals surface area contributed by atoms with Crippen LogP contribution < -0.4 is 10.1 Å². The molecule has 0 aromatic heterocycles. The molecule has 0 atom stereocenters. The highest BCUT2D eigenvalue weighted by atomic mass is 19.4. The second-order valence-electron chi connectivity index (χ2n) is 10.6. The van der Waals surface area contributed by atoms with Crippen molar-refractivity contribution in [2.24, 2.45) is 0 Å². The summed E-state index contributed by atoms with van der Waals surface area (Å²) >= 11 is 0. The second-order valence-corrected chi connectivity index (χ2v) is 10.6. The maximum atomic E-state index is 13.4. The molecule has 0 unspecified atom stereocenters. The lowest BCUT2D eigenvalue weighted by Gasteiger charge is -2.16. The highest BCUT2D eigenvalue weighted by Gasteiger charge is 2.38. The number of nitro groups is 1. The number of aryl methyl sites for hydroxylation is 1. The molecule has 1 N–H and O–H groups in total. The lowest BCUT2D eigenvalue weighted by Crippen LogP contribution is -2.17. The Kier molecular flexibility index (Phi) is 15.3. The van der Waals surface area contributed by atoms with Crippen LogP contribution in [0.2, 0.25) is 0 Å². The zero-order valence-corrected chi connectivity index (χ0v) is 24.5. The first-order valence-corrected chi connectivity index (χ1v) is 15.1. The minimum absolute atomic E-state index is 0.176. The van der Waals surface area contributed by atoms with Crippen LogP contribution in [0.4, 0.5) is 24.5 Å². The van der Waals surface area contributed by atoms with Crippen molar-refractivity contribution in [3.8, 4) is 5.75 Å². The molecule has 0 saturated carbocycles. The van der Waals surface area contributed by atoms with Crippen LogP contribution in [0.25, 0.3) is 0 Å². The molecule has 228 valence electrons. The minimum Gasteiger partial charge on any atom is -0.493 e. The van der Waals surface area contributed by atoms with E-state index in [4.69, 9.17) is 4.74 Å². The van der Waals surface area contributed by atoms with Gasteiger partial charge in [0.25, 0.3) is 11.6 Å². The molecule has 0 fully saturated rings.